The highest BCUT2D eigenvalue weighted by Crippen LogP contribution is 2.13. The van der Waals surface area contributed by atoms with Gasteiger partial charge in [0.2, 0.25) is 5.91 Å². The number of nitrogens with one attached hydrogen (secondary N) is 1. The molecular formula is C14H23N3O. The maximum atomic E-state index is 11.7. The molecule has 1 aromatic rings. The smallest absolute Gasteiger partial charge is 0.244 e. The number of nitrogens with zero attached hydrogens (tertiary/aromatic N) is 2. The lowest BCUT2D eigenvalue weighted by atomic mass is 10.1. The van der Waals surface area contributed by atoms with E-state index >= 15 is 0 Å². The molecule has 4 nitrogen and oxygen atoms in total. The van der Waals surface area contributed by atoms with E-state index in [0.717, 1.165) is 29.8 Å². The standard InChI is InChI=1S/C14H23N3O/c1-6-12(7-2)15-14(18)9-8-13-10(3)16-17(5)11(13)4/h8-9,12H,6-7H2,1-5H3,(H,15,18)/b9-8+. The van der Waals surface area contributed by atoms with E-state index in [1.807, 2.05) is 31.7 Å². The number of carbonyl (C=O) groups excluding carboxylic acids is 1. The molecule has 1 rings (SSSR count). The van der Waals surface area contributed by atoms with Crippen LogP contribution in [-0.4, -0.2) is 21.7 Å². The Morgan fingerprint density at radius 2 is 2.00 bits per heavy atom. The number of amides is 1. The van der Waals surface area contributed by atoms with E-state index in [2.05, 4.69) is 24.3 Å². The van der Waals surface area contributed by atoms with Gasteiger partial charge in [0, 0.05) is 30.4 Å². The van der Waals surface area contributed by atoms with Gasteiger partial charge in [0.25, 0.3) is 0 Å². The van der Waals surface area contributed by atoms with Crippen LogP contribution in [0.25, 0.3) is 6.08 Å². The number of aromatic nitrogens is 2. The van der Waals surface area contributed by atoms with E-state index in [1.54, 1.807) is 6.08 Å². The molecule has 0 saturated heterocycles. The molecule has 0 unspecified atom stereocenters. The molecule has 0 radical (unpaired) electrons. The fourth-order valence-corrected chi connectivity index (χ4v) is 1.93. The van der Waals surface area contributed by atoms with E-state index in [4.69, 9.17) is 0 Å². The lowest BCUT2D eigenvalue weighted by Gasteiger charge is -2.12. The summed E-state index contributed by atoms with van der Waals surface area (Å²) in [6.07, 6.45) is 5.35. The maximum absolute atomic E-state index is 11.7. The molecule has 1 N–H and O–H groups in total. The first-order valence-corrected chi connectivity index (χ1v) is 6.48. The zero-order valence-corrected chi connectivity index (χ0v) is 11.9. The van der Waals surface area contributed by atoms with Crippen molar-refractivity contribution in [1.29, 1.82) is 0 Å². The number of rotatable bonds is 5. The van der Waals surface area contributed by atoms with Gasteiger partial charge < -0.3 is 5.32 Å². The van der Waals surface area contributed by atoms with Crippen LogP contribution in [0, 0.1) is 13.8 Å². The molecular weight excluding hydrogens is 226 g/mol. The van der Waals surface area contributed by atoms with Gasteiger partial charge in [-0.25, -0.2) is 0 Å². The first kappa shape index (κ1) is 14.5. The van der Waals surface area contributed by atoms with Gasteiger partial charge >= 0.3 is 0 Å². The van der Waals surface area contributed by atoms with E-state index in [0.29, 0.717) is 0 Å². The average molecular weight is 249 g/mol. The van der Waals surface area contributed by atoms with Gasteiger partial charge in [-0.15, -0.1) is 0 Å². The van der Waals surface area contributed by atoms with E-state index in [1.165, 1.54) is 0 Å². The minimum absolute atomic E-state index is 0.0358. The van der Waals surface area contributed by atoms with Crippen molar-refractivity contribution in [1.82, 2.24) is 15.1 Å². The number of hydrogen-bond donors (Lipinski definition) is 1. The van der Waals surface area contributed by atoms with Crippen LogP contribution in [0.1, 0.15) is 43.6 Å². The number of carbonyl (C=O) groups is 1. The highest BCUT2D eigenvalue weighted by atomic mass is 16.1. The van der Waals surface area contributed by atoms with Gasteiger partial charge in [-0.2, -0.15) is 5.10 Å². The predicted molar refractivity (Wildman–Crippen MR) is 74.2 cm³/mol. The van der Waals surface area contributed by atoms with E-state index in [9.17, 15) is 4.79 Å². The Kier molecular flexibility index (Phi) is 5.13. The first-order valence-electron chi connectivity index (χ1n) is 6.48. The fraction of sp³-hybridized carbons (Fsp3) is 0.571. The molecule has 0 aliphatic heterocycles. The van der Waals surface area contributed by atoms with Crippen LogP contribution in [0.4, 0.5) is 0 Å². The molecule has 1 aromatic heterocycles. The highest BCUT2D eigenvalue weighted by molar-refractivity contribution is 5.92. The Balaban J connectivity index is 2.72. The van der Waals surface area contributed by atoms with E-state index in [-0.39, 0.29) is 11.9 Å². The van der Waals surface area contributed by atoms with Crippen molar-refractivity contribution >= 4 is 12.0 Å². The van der Waals surface area contributed by atoms with Crippen LogP contribution in [0.15, 0.2) is 6.08 Å². The van der Waals surface area contributed by atoms with Gasteiger partial charge in [-0.05, 0) is 32.8 Å². The van der Waals surface area contributed by atoms with Crippen LogP contribution in [0.3, 0.4) is 0 Å². The van der Waals surface area contributed by atoms with Gasteiger partial charge in [-0.1, -0.05) is 13.8 Å². The monoisotopic (exact) mass is 249 g/mol. The van der Waals surface area contributed by atoms with Crippen molar-refractivity contribution in [2.24, 2.45) is 7.05 Å². The average Bonchev–Trinajstić information content (AvgIpc) is 2.58. The normalized spacial score (nSPS) is 11.4. The second kappa shape index (κ2) is 6.38. The molecule has 0 fully saturated rings. The summed E-state index contributed by atoms with van der Waals surface area (Å²) in [5, 5.41) is 7.29. The third-order valence-corrected chi connectivity index (χ3v) is 3.30. The zero-order valence-electron chi connectivity index (χ0n) is 11.9. The summed E-state index contributed by atoms with van der Waals surface area (Å²) in [6, 6.07) is 0.262. The van der Waals surface area contributed by atoms with Crippen molar-refractivity contribution in [2.75, 3.05) is 0 Å². The summed E-state index contributed by atoms with van der Waals surface area (Å²) in [5.74, 6) is -0.0358. The quantitative estimate of drug-likeness (QED) is 0.814. The zero-order chi connectivity index (χ0) is 13.7. The van der Waals surface area contributed by atoms with Crippen molar-refractivity contribution < 1.29 is 4.79 Å². The minimum atomic E-state index is -0.0358. The summed E-state index contributed by atoms with van der Waals surface area (Å²) in [4.78, 5) is 11.7. The van der Waals surface area contributed by atoms with Crippen LogP contribution < -0.4 is 5.32 Å². The Hall–Kier alpha value is -1.58. The molecule has 0 spiro atoms. The van der Waals surface area contributed by atoms with Gasteiger partial charge in [0.1, 0.15) is 0 Å². The van der Waals surface area contributed by atoms with E-state index < -0.39 is 0 Å². The van der Waals surface area contributed by atoms with Crippen LogP contribution in [-0.2, 0) is 11.8 Å². The number of aryl methyl sites for hydroxylation is 2. The van der Waals surface area contributed by atoms with Crippen LogP contribution >= 0.6 is 0 Å². The van der Waals surface area contributed by atoms with Crippen molar-refractivity contribution in [3.8, 4) is 0 Å². The molecule has 0 bridgehead atoms. The molecule has 0 aliphatic carbocycles. The predicted octanol–water partition coefficient (Wildman–Crippen LogP) is 2.35. The summed E-state index contributed by atoms with van der Waals surface area (Å²) in [7, 11) is 1.91. The minimum Gasteiger partial charge on any atom is -0.350 e. The molecule has 4 heteroatoms. The molecule has 18 heavy (non-hydrogen) atoms. The lowest BCUT2D eigenvalue weighted by molar-refractivity contribution is -0.117. The summed E-state index contributed by atoms with van der Waals surface area (Å²) >= 11 is 0. The third kappa shape index (κ3) is 3.45. The van der Waals surface area contributed by atoms with Gasteiger partial charge in [-0.3, -0.25) is 9.48 Å². The van der Waals surface area contributed by atoms with Gasteiger partial charge in [0.15, 0.2) is 0 Å². The van der Waals surface area contributed by atoms with Crippen molar-refractivity contribution in [3.05, 3.63) is 23.0 Å². The largest absolute Gasteiger partial charge is 0.350 e. The Labute approximate surface area is 109 Å². The maximum Gasteiger partial charge on any atom is 0.244 e. The lowest BCUT2D eigenvalue weighted by Crippen LogP contribution is -2.32. The van der Waals surface area contributed by atoms with Crippen LogP contribution in [0.5, 0.6) is 0 Å². The molecule has 100 valence electrons. The molecule has 0 aromatic carbocycles. The summed E-state index contributed by atoms with van der Waals surface area (Å²) < 4.78 is 1.83. The number of hydrogen-bond acceptors (Lipinski definition) is 2. The third-order valence-electron chi connectivity index (χ3n) is 3.30. The molecule has 0 saturated carbocycles. The summed E-state index contributed by atoms with van der Waals surface area (Å²) in [5.41, 5.74) is 3.04. The molecule has 1 amide bonds. The molecule has 1 heterocycles. The highest BCUT2D eigenvalue weighted by Gasteiger charge is 2.08. The second-order valence-electron chi connectivity index (χ2n) is 4.56. The SMILES string of the molecule is CCC(CC)NC(=O)/C=C/c1c(C)nn(C)c1C. The summed E-state index contributed by atoms with van der Waals surface area (Å²) in [6.45, 7) is 8.10. The Bertz CT molecular complexity index is 442. The van der Waals surface area contributed by atoms with Crippen molar-refractivity contribution in [2.45, 2.75) is 46.6 Å². The van der Waals surface area contributed by atoms with Crippen LogP contribution in [0.2, 0.25) is 0 Å². The molecule has 0 aliphatic rings. The Morgan fingerprint density at radius 3 is 2.44 bits per heavy atom. The Morgan fingerprint density at radius 1 is 1.39 bits per heavy atom. The van der Waals surface area contributed by atoms with Crippen molar-refractivity contribution in [3.63, 3.8) is 0 Å². The molecule has 0 atom stereocenters. The second-order valence-corrected chi connectivity index (χ2v) is 4.56. The fourth-order valence-electron chi connectivity index (χ4n) is 1.93. The topological polar surface area (TPSA) is 46.9 Å². The first-order chi connectivity index (χ1) is 8.49. The van der Waals surface area contributed by atoms with Gasteiger partial charge in [0.05, 0.1) is 5.69 Å².